The zero-order valence-electron chi connectivity index (χ0n) is 21.8. The molecule has 0 saturated carbocycles. The lowest BCUT2D eigenvalue weighted by Gasteiger charge is -2.26. The van der Waals surface area contributed by atoms with Crippen molar-refractivity contribution in [3.8, 4) is 17.3 Å². The second kappa shape index (κ2) is 11.6. The number of hydrogen-bond acceptors (Lipinski definition) is 4. The second-order valence-corrected chi connectivity index (χ2v) is 9.58. The normalized spacial score (nSPS) is 15.0. The van der Waals surface area contributed by atoms with Crippen molar-refractivity contribution in [1.82, 2.24) is 14.7 Å². The van der Waals surface area contributed by atoms with Crippen LogP contribution >= 0.6 is 0 Å². The Morgan fingerprint density at radius 3 is 2.58 bits per heavy atom. The van der Waals surface area contributed by atoms with Crippen LogP contribution in [0.1, 0.15) is 46.9 Å². The van der Waals surface area contributed by atoms with Crippen molar-refractivity contribution >= 4 is 5.91 Å². The monoisotopic (exact) mass is 513 g/mol. The lowest BCUT2D eigenvalue weighted by molar-refractivity contribution is 0.0505. The van der Waals surface area contributed by atoms with E-state index in [9.17, 15) is 9.18 Å². The summed E-state index contributed by atoms with van der Waals surface area (Å²) in [6.07, 6.45) is 2.53. The Labute approximate surface area is 222 Å². The third kappa shape index (κ3) is 5.78. The van der Waals surface area contributed by atoms with E-state index in [2.05, 4.69) is 0 Å². The topological polar surface area (TPSA) is 56.6 Å². The van der Waals surface area contributed by atoms with Crippen LogP contribution in [0.4, 0.5) is 4.39 Å². The van der Waals surface area contributed by atoms with Crippen molar-refractivity contribution in [2.45, 2.75) is 45.8 Å². The van der Waals surface area contributed by atoms with Crippen molar-refractivity contribution in [2.75, 3.05) is 13.2 Å². The largest absolute Gasteiger partial charge is 0.439 e. The minimum absolute atomic E-state index is 0.0129. The van der Waals surface area contributed by atoms with Gasteiger partial charge in [0, 0.05) is 18.7 Å². The Bertz CT molecular complexity index is 1380. The lowest BCUT2D eigenvalue weighted by Crippen LogP contribution is -2.37. The van der Waals surface area contributed by atoms with Gasteiger partial charge in [-0.1, -0.05) is 37.3 Å². The van der Waals surface area contributed by atoms with Crippen molar-refractivity contribution in [1.29, 1.82) is 0 Å². The summed E-state index contributed by atoms with van der Waals surface area (Å²) < 4.78 is 27.8. The molecule has 1 fully saturated rings. The van der Waals surface area contributed by atoms with Gasteiger partial charge in [0.2, 0.25) is 5.88 Å². The van der Waals surface area contributed by atoms with Crippen LogP contribution in [0.5, 0.6) is 11.6 Å². The van der Waals surface area contributed by atoms with Gasteiger partial charge in [0.1, 0.15) is 11.6 Å². The molecule has 1 aromatic heterocycles. The predicted octanol–water partition coefficient (Wildman–Crippen LogP) is 6.50. The molecule has 1 amide bonds. The summed E-state index contributed by atoms with van der Waals surface area (Å²) in [7, 11) is 0. The third-order valence-electron chi connectivity index (χ3n) is 6.73. The molecule has 1 unspecified atom stereocenters. The molecule has 1 atom stereocenters. The van der Waals surface area contributed by atoms with Crippen LogP contribution in [0.15, 0.2) is 78.9 Å². The van der Waals surface area contributed by atoms with Gasteiger partial charge in [0.15, 0.2) is 0 Å². The van der Waals surface area contributed by atoms with Crippen LogP contribution in [0, 0.1) is 12.7 Å². The molecule has 3 aromatic carbocycles. The van der Waals surface area contributed by atoms with Gasteiger partial charge < -0.3 is 14.4 Å². The molecule has 1 aliphatic rings. The number of ether oxygens (including phenoxy) is 2. The first kappa shape index (κ1) is 25.7. The highest BCUT2D eigenvalue weighted by Gasteiger charge is 2.28. The zero-order chi connectivity index (χ0) is 26.5. The van der Waals surface area contributed by atoms with Gasteiger partial charge in [0.25, 0.3) is 5.91 Å². The second-order valence-electron chi connectivity index (χ2n) is 9.58. The summed E-state index contributed by atoms with van der Waals surface area (Å²) in [5.74, 6) is 0.780. The highest BCUT2D eigenvalue weighted by atomic mass is 19.1. The number of aromatic nitrogens is 2. The molecule has 1 saturated heterocycles. The Hall–Kier alpha value is -3.97. The van der Waals surface area contributed by atoms with E-state index in [0.29, 0.717) is 49.0 Å². The molecule has 0 radical (unpaired) electrons. The van der Waals surface area contributed by atoms with E-state index >= 15 is 0 Å². The maximum absolute atomic E-state index is 13.7. The molecular formula is C31H32FN3O3. The fraction of sp³-hybridized carbons (Fsp3) is 0.290. The first-order valence-electron chi connectivity index (χ1n) is 13.1. The molecule has 6 nitrogen and oxygen atoms in total. The molecule has 5 rings (SSSR count). The number of carbonyl (C=O) groups is 1. The molecule has 38 heavy (non-hydrogen) atoms. The first-order valence-corrected chi connectivity index (χ1v) is 13.1. The number of nitrogens with zero attached hydrogens (tertiary/aromatic N) is 3. The Morgan fingerprint density at radius 1 is 1.11 bits per heavy atom. The third-order valence-corrected chi connectivity index (χ3v) is 6.73. The van der Waals surface area contributed by atoms with Crippen molar-refractivity contribution in [3.63, 3.8) is 0 Å². The van der Waals surface area contributed by atoms with E-state index in [-0.39, 0.29) is 17.8 Å². The van der Waals surface area contributed by atoms with E-state index in [1.54, 1.807) is 16.8 Å². The van der Waals surface area contributed by atoms with Gasteiger partial charge in [-0.3, -0.25) is 4.79 Å². The van der Waals surface area contributed by atoms with Gasteiger partial charge in [-0.15, -0.1) is 0 Å². The van der Waals surface area contributed by atoms with E-state index < -0.39 is 0 Å². The lowest BCUT2D eigenvalue weighted by atomic mass is 10.1. The average Bonchev–Trinajstić information content (AvgIpc) is 3.57. The number of rotatable bonds is 9. The average molecular weight is 514 g/mol. The molecule has 196 valence electrons. The Morgan fingerprint density at radius 2 is 1.89 bits per heavy atom. The molecule has 0 spiro atoms. The Kier molecular flexibility index (Phi) is 7.84. The number of benzene rings is 3. The van der Waals surface area contributed by atoms with Gasteiger partial charge in [-0.2, -0.15) is 5.10 Å². The van der Waals surface area contributed by atoms with Crippen molar-refractivity contribution < 1.29 is 18.7 Å². The van der Waals surface area contributed by atoms with E-state index in [0.717, 1.165) is 29.7 Å². The maximum atomic E-state index is 13.7. The van der Waals surface area contributed by atoms with Crippen LogP contribution in [0.3, 0.4) is 0 Å². The highest BCUT2D eigenvalue weighted by Crippen LogP contribution is 2.33. The van der Waals surface area contributed by atoms with Gasteiger partial charge in [-0.05, 0) is 80.3 Å². The van der Waals surface area contributed by atoms with Crippen LogP contribution in [-0.2, 0) is 17.7 Å². The fourth-order valence-electron chi connectivity index (χ4n) is 4.78. The molecular weight excluding hydrogens is 481 g/mol. The van der Waals surface area contributed by atoms with Crippen molar-refractivity contribution in [3.05, 3.63) is 107 Å². The quantitative estimate of drug-likeness (QED) is 0.257. The standard InChI is InChI=1S/C31H32FN3O3/c1-3-29-28(21-34(20-27-13-8-18-37-27)30(36)23-10-5-4-6-11-23)31(38-26-12-7-9-22(2)19-26)35(33-29)25-16-14-24(32)15-17-25/h4-7,9-12,14-17,19,27H,3,8,13,18,20-21H2,1-2H3. The number of amides is 1. The molecule has 0 N–H and O–H groups in total. The van der Waals surface area contributed by atoms with E-state index in [1.165, 1.54) is 12.1 Å². The van der Waals surface area contributed by atoms with Crippen LogP contribution in [0.2, 0.25) is 0 Å². The summed E-state index contributed by atoms with van der Waals surface area (Å²) in [4.78, 5) is 15.6. The van der Waals surface area contributed by atoms with Gasteiger partial charge >= 0.3 is 0 Å². The summed E-state index contributed by atoms with van der Waals surface area (Å²) in [6.45, 7) is 5.52. The summed E-state index contributed by atoms with van der Waals surface area (Å²) in [5, 5.41) is 4.86. The van der Waals surface area contributed by atoms with Crippen LogP contribution in [0.25, 0.3) is 5.69 Å². The smallest absolute Gasteiger partial charge is 0.254 e. The molecule has 7 heteroatoms. The van der Waals surface area contributed by atoms with E-state index in [1.807, 2.05) is 73.3 Å². The van der Waals surface area contributed by atoms with Crippen LogP contribution in [-0.4, -0.2) is 39.8 Å². The number of carbonyl (C=O) groups excluding carboxylic acids is 1. The van der Waals surface area contributed by atoms with Crippen molar-refractivity contribution in [2.24, 2.45) is 0 Å². The number of hydrogen-bond donors (Lipinski definition) is 0. The summed E-state index contributed by atoms with van der Waals surface area (Å²) in [5.41, 5.74) is 3.99. The zero-order valence-corrected chi connectivity index (χ0v) is 21.8. The Balaban J connectivity index is 1.58. The van der Waals surface area contributed by atoms with Gasteiger partial charge in [0.05, 0.1) is 29.6 Å². The fourth-order valence-corrected chi connectivity index (χ4v) is 4.78. The highest BCUT2D eigenvalue weighted by molar-refractivity contribution is 5.94. The molecule has 0 aliphatic carbocycles. The molecule has 0 bridgehead atoms. The molecule has 2 heterocycles. The summed E-state index contributed by atoms with van der Waals surface area (Å²) >= 11 is 0. The SMILES string of the molecule is CCc1nn(-c2ccc(F)cc2)c(Oc2cccc(C)c2)c1CN(CC1CCCO1)C(=O)c1ccccc1. The molecule has 4 aromatic rings. The van der Waals surface area contributed by atoms with Crippen LogP contribution < -0.4 is 4.74 Å². The minimum Gasteiger partial charge on any atom is -0.439 e. The van der Waals surface area contributed by atoms with E-state index in [4.69, 9.17) is 14.6 Å². The first-order chi connectivity index (χ1) is 18.5. The van der Waals surface area contributed by atoms with Gasteiger partial charge in [-0.25, -0.2) is 9.07 Å². The number of aryl methyl sites for hydroxylation is 2. The molecule has 1 aliphatic heterocycles. The minimum atomic E-state index is -0.325. The number of halogens is 1. The predicted molar refractivity (Wildman–Crippen MR) is 144 cm³/mol. The maximum Gasteiger partial charge on any atom is 0.254 e. The summed E-state index contributed by atoms with van der Waals surface area (Å²) in [6, 6.07) is 23.2.